The van der Waals surface area contributed by atoms with Crippen molar-refractivity contribution in [3.05, 3.63) is 48.1 Å². The number of nitrogens with zero attached hydrogens (tertiary/aromatic N) is 1. The van der Waals surface area contributed by atoms with Crippen molar-refractivity contribution in [3.63, 3.8) is 0 Å². The van der Waals surface area contributed by atoms with E-state index >= 15 is 0 Å². The highest BCUT2D eigenvalue weighted by Crippen LogP contribution is 2.67. The van der Waals surface area contributed by atoms with Gasteiger partial charge in [0.25, 0.3) is 5.22 Å². The number of oxazole rings is 1. The van der Waals surface area contributed by atoms with Crippen LogP contribution in [0.2, 0.25) is 0 Å². The van der Waals surface area contributed by atoms with Gasteiger partial charge in [-0.05, 0) is 68.2 Å². The molecule has 0 radical (unpaired) electrons. The fourth-order valence-corrected chi connectivity index (χ4v) is 8.75. The number of fused-ring (bicyclic) bond motifs is 6. The summed E-state index contributed by atoms with van der Waals surface area (Å²) in [5.74, 6) is 0.190. The molecular formula is C28H31NO5S. The molecule has 0 aliphatic heterocycles. The number of para-hydroxylation sites is 2. The average molecular weight is 494 g/mol. The molecule has 7 atom stereocenters. The Labute approximate surface area is 208 Å². The van der Waals surface area contributed by atoms with Gasteiger partial charge in [-0.15, -0.1) is 0 Å². The molecule has 5 unspecified atom stereocenters. The lowest BCUT2D eigenvalue weighted by Gasteiger charge is -2.59. The predicted molar refractivity (Wildman–Crippen MR) is 133 cm³/mol. The summed E-state index contributed by atoms with van der Waals surface area (Å²) >= 11 is 1.22. The highest BCUT2D eigenvalue weighted by atomic mass is 32.2. The Morgan fingerprint density at radius 3 is 2.86 bits per heavy atom. The molecule has 184 valence electrons. The molecule has 2 aromatic rings. The van der Waals surface area contributed by atoms with Gasteiger partial charge in [0.1, 0.15) is 11.1 Å². The van der Waals surface area contributed by atoms with Gasteiger partial charge in [0.15, 0.2) is 17.1 Å². The van der Waals surface area contributed by atoms with Crippen LogP contribution in [0.25, 0.3) is 11.1 Å². The number of rotatable bonds is 4. The third-order valence-corrected chi connectivity index (χ3v) is 10.5. The average Bonchev–Trinajstić information content (AvgIpc) is 3.36. The molecule has 1 aromatic carbocycles. The van der Waals surface area contributed by atoms with Crippen molar-refractivity contribution in [3.8, 4) is 0 Å². The van der Waals surface area contributed by atoms with Gasteiger partial charge in [0.05, 0.1) is 11.9 Å². The van der Waals surface area contributed by atoms with Crippen LogP contribution in [0.15, 0.2) is 57.7 Å². The van der Waals surface area contributed by atoms with Crippen molar-refractivity contribution in [2.75, 3.05) is 5.75 Å². The van der Waals surface area contributed by atoms with E-state index in [0.29, 0.717) is 23.6 Å². The molecule has 2 N–H and O–H groups in total. The largest absolute Gasteiger partial charge is 0.431 e. The topological polar surface area (TPSA) is 101 Å². The van der Waals surface area contributed by atoms with Crippen molar-refractivity contribution in [2.24, 2.45) is 28.6 Å². The first kappa shape index (κ1) is 23.2. The standard InChI is InChI=1S/C28H31NO5S/c1-26-11-9-17(30)13-16(26)7-8-18-19-10-12-28(33,27(19,2)14-21(31)24(18)26)23(32)15-35-25-29-20-5-3-4-6-22(20)34-25/h3-6,9,11,13,18-19,21,24,31,33H,7-8,10,12,14-15H2,1-2H3/t18?,19?,21-,24?,26?,27?,28-/m0/s1. The second-order valence-electron chi connectivity index (χ2n) is 11.3. The smallest absolute Gasteiger partial charge is 0.257 e. The molecular weight excluding hydrogens is 462 g/mol. The lowest BCUT2D eigenvalue weighted by molar-refractivity contribution is -0.174. The number of carbonyl (C=O) groups excluding carboxylic acids is 2. The van der Waals surface area contributed by atoms with Crippen molar-refractivity contribution < 1.29 is 24.2 Å². The molecule has 35 heavy (non-hydrogen) atoms. The number of Topliss-reactive ketones (excluding diaryl/α,β-unsaturated/α-hetero) is 1. The van der Waals surface area contributed by atoms with E-state index in [0.717, 1.165) is 30.4 Å². The van der Waals surface area contributed by atoms with Crippen LogP contribution in [0, 0.1) is 28.6 Å². The van der Waals surface area contributed by atoms with Crippen LogP contribution in [-0.4, -0.2) is 44.2 Å². The van der Waals surface area contributed by atoms with Gasteiger partial charge < -0.3 is 14.6 Å². The van der Waals surface area contributed by atoms with Crippen LogP contribution in [0.5, 0.6) is 0 Å². The Hall–Kier alpha value is -2.22. The van der Waals surface area contributed by atoms with E-state index in [9.17, 15) is 19.8 Å². The normalized spacial score (nSPS) is 40.2. The van der Waals surface area contributed by atoms with E-state index in [1.165, 1.54) is 11.8 Å². The zero-order valence-electron chi connectivity index (χ0n) is 20.1. The molecule has 0 saturated heterocycles. The summed E-state index contributed by atoms with van der Waals surface area (Å²) in [6.45, 7) is 4.13. The van der Waals surface area contributed by atoms with Crippen LogP contribution in [0.3, 0.4) is 0 Å². The van der Waals surface area contributed by atoms with E-state index in [4.69, 9.17) is 4.42 Å². The third-order valence-electron chi connectivity index (χ3n) is 9.71. The second kappa shape index (κ2) is 7.89. The summed E-state index contributed by atoms with van der Waals surface area (Å²) in [5, 5.41) is 23.8. The molecule has 1 aromatic heterocycles. The molecule has 7 heteroatoms. The van der Waals surface area contributed by atoms with Gasteiger partial charge >= 0.3 is 0 Å². The van der Waals surface area contributed by atoms with Gasteiger partial charge in [0.2, 0.25) is 0 Å². The van der Waals surface area contributed by atoms with Gasteiger partial charge in [-0.25, -0.2) is 4.98 Å². The van der Waals surface area contributed by atoms with Crippen LogP contribution in [0.1, 0.15) is 46.0 Å². The SMILES string of the molecule is CC12C=CC(=O)C=C1CCC1C2[C@@H](O)CC2(C)C1CC[C@]2(O)C(=O)CSc1nc2ccccc2o1. The van der Waals surface area contributed by atoms with Crippen molar-refractivity contribution in [1.29, 1.82) is 0 Å². The van der Waals surface area contributed by atoms with Crippen LogP contribution < -0.4 is 0 Å². The summed E-state index contributed by atoms with van der Waals surface area (Å²) in [7, 11) is 0. The molecule has 3 fully saturated rings. The molecule has 0 spiro atoms. The first-order valence-electron chi connectivity index (χ1n) is 12.5. The number of ketones is 2. The summed E-state index contributed by atoms with van der Waals surface area (Å²) in [5.41, 5.74) is -0.0177. The van der Waals surface area contributed by atoms with E-state index in [1.807, 2.05) is 37.3 Å². The van der Waals surface area contributed by atoms with Gasteiger partial charge in [-0.1, -0.05) is 49.4 Å². The minimum absolute atomic E-state index is 0.0170. The van der Waals surface area contributed by atoms with Gasteiger partial charge in [-0.2, -0.15) is 0 Å². The number of thioether (sulfide) groups is 1. The van der Waals surface area contributed by atoms with E-state index in [-0.39, 0.29) is 40.5 Å². The highest BCUT2D eigenvalue weighted by molar-refractivity contribution is 7.99. The number of hydrogen-bond acceptors (Lipinski definition) is 7. The number of hydrogen-bond donors (Lipinski definition) is 2. The Morgan fingerprint density at radius 1 is 1.26 bits per heavy atom. The number of aliphatic hydroxyl groups is 2. The summed E-state index contributed by atoms with van der Waals surface area (Å²) in [4.78, 5) is 30.0. The fraction of sp³-hybridized carbons (Fsp3) is 0.536. The number of carbonyl (C=O) groups is 2. The van der Waals surface area contributed by atoms with E-state index < -0.39 is 17.1 Å². The van der Waals surface area contributed by atoms with Crippen molar-refractivity contribution in [2.45, 2.75) is 62.9 Å². The first-order valence-corrected chi connectivity index (χ1v) is 13.5. The lowest BCUT2D eigenvalue weighted by Crippen LogP contribution is -2.61. The minimum atomic E-state index is -1.49. The number of benzene rings is 1. The number of aliphatic hydroxyl groups excluding tert-OH is 1. The monoisotopic (exact) mass is 493 g/mol. The zero-order chi connectivity index (χ0) is 24.6. The van der Waals surface area contributed by atoms with Crippen LogP contribution in [-0.2, 0) is 9.59 Å². The maximum absolute atomic E-state index is 13.5. The van der Waals surface area contributed by atoms with E-state index in [2.05, 4.69) is 11.9 Å². The number of allylic oxidation sites excluding steroid dienone is 4. The third kappa shape index (κ3) is 3.27. The van der Waals surface area contributed by atoms with Crippen molar-refractivity contribution in [1.82, 2.24) is 4.98 Å². The Bertz CT molecular complexity index is 1250. The molecule has 3 saturated carbocycles. The Morgan fingerprint density at radius 2 is 2.06 bits per heavy atom. The second-order valence-corrected chi connectivity index (χ2v) is 12.2. The zero-order valence-corrected chi connectivity index (χ0v) is 20.9. The quantitative estimate of drug-likeness (QED) is 0.605. The first-order chi connectivity index (χ1) is 16.7. The maximum atomic E-state index is 13.5. The summed E-state index contributed by atoms with van der Waals surface area (Å²) in [6.07, 6.45) is 7.92. The Balaban J connectivity index is 1.25. The van der Waals surface area contributed by atoms with Crippen LogP contribution >= 0.6 is 11.8 Å². The molecule has 1 heterocycles. The molecule has 6 rings (SSSR count). The predicted octanol–water partition coefficient (Wildman–Crippen LogP) is 4.50. The molecule has 4 aliphatic rings. The number of aromatic nitrogens is 1. The molecule has 0 amide bonds. The Kier molecular flexibility index (Phi) is 5.23. The maximum Gasteiger partial charge on any atom is 0.257 e. The molecule has 6 nitrogen and oxygen atoms in total. The molecule has 0 bridgehead atoms. The highest BCUT2D eigenvalue weighted by Gasteiger charge is 2.68. The van der Waals surface area contributed by atoms with Crippen LogP contribution in [0.4, 0.5) is 0 Å². The fourth-order valence-electron chi connectivity index (χ4n) is 7.95. The molecule has 4 aliphatic carbocycles. The van der Waals surface area contributed by atoms with Gasteiger partial charge in [0, 0.05) is 16.7 Å². The minimum Gasteiger partial charge on any atom is -0.431 e. The van der Waals surface area contributed by atoms with E-state index in [1.54, 1.807) is 12.2 Å². The summed E-state index contributed by atoms with van der Waals surface area (Å²) < 4.78 is 5.74. The lowest BCUT2D eigenvalue weighted by atomic mass is 9.46. The van der Waals surface area contributed by atoms with Gasteiger partial charge in [-0.3, -0.25) is 9.59 Å². The van der Waals surface area contributed by atoms with Crippen molar-refractivity contribution >= 4 is 34.4 Å². The summed E-state index contributed by atoms with van der Waals surface area (Å²) in [6, 6.07) is 7.47.